The minimum atomic E-state index is -4.61. The highest BCUT2D eigenvalue weighted by atomic mass is 19.4. The third-order valence-electron chi connectivity index (χ3n) is 5.47. The highest BCUT2D eigenvalue weighted by Gasteiger charge is 2.36. The molecule has 1 aromatic heterocycles. The molecule has 4 nitrogen and oxygen atoms in total. The van der Waals surface area contributed by atoms with Crippen molar-refractivity contribution in [2.45, 2.75) is 37.3 Å². The molecular weight excluding hydrogens is 412 g/mol. The Hall–Kier alpha value is -2.46. The van der Waals surface area contributed by atoms with Gasteiger partial charge in [0.1, 0.15) is 0 Å². The van der Waals surface area contributed by atoms with Crippen LogP contribution in [0.5, 0.6) is 0 Å². The predicted octanol–water partition coefficient (Wildman–Crippen LogP) is 4.83. The number of nitrogens with zero attached hydrogens (tertiary/aromatic N) is 1. The van der Waals surface area contributed by atoms with Gasteiger partial charge in [0.2, 0.25) is 0 Å². The second-order valence-electron chi connectivity index (χ2n) is 7.42. The summed E-state index contributed by atoms with van der Waals surface area (Å²) in [4.78, 5) is 0. The van der Waals surface area contributed by atoms with Gasteiger partial charge in [-0.2, -0.15) is 26.3 Å². The average Bonchev–Trinajstić information content (AvgIpc) is 2.83. The predicted molar refractivity (Wildman–Crippen MR) is 101 cm³/mol. The number of aromatic nitrogens is 1. The zero-order valence-corrected chi connectivity index (χ0v) is 15.6. The number of allylic oxidation sites excluding steroid dienone is 2. The molecule has 0 unspecified atom stereocenters. The molecule has 0 spiro atoms. The number of hydrogen-bond donors (Lipinski definition) is 3. The Bertz CT molecular complexity index is 1020. The van der Waals surface area contributed by atoms with Crippen molar-refractivity contribution in [3.8, 4) is 0 Å². The van der Waals surface area contributed by atoms with E-state index in [1.54, 1.807) is 4.57 Å². The molecule has 3 heterocycles. The Morgan fingerprint density at radius 2 is 1.80 bits per heavy atom. The molecule has 1 aromatic carbocycles. The van der Waals surface area contributed by atoms with Crippen molar-refractivity contribution in [1.82, 2.24) is 9.88 Å². The quantitative estimate of drug-likeness (QED) is 0.567. The van der Waals surface area contributed by atoms with Crippen LogP contribution in [0.4, 0.5) is 32.0 Å². The van der Waals surface area contributed by atoms with Crippen LogP contribution in [-0.4, -0.2) is 35.0 Å². The third kappa shape index (κ3) is 3.69. The molecule has 4 rings (SSSR count). The highest BCUT2D eigenvalue weighted by Crippen LogP contribution is 2.42. The lowest BCUT2D eigenvalue weighted by Gasteiger charge is -2.25. The van der Waals surface area contributed by atoms with E-state index in [1.165, 1.54) is 12.1 Å². The topological polar surface area (TPSA) is 49.2 Å². The number of alkyl halides is 6. The lowest BCUT2D eigenvalue weighted by Crippen LogP contribution is -2.31. The summed E-state index contributed by atoms with van der Waals surface area (Å²) < 4.78 is 81.1. The molecule has 0 radical (unpaired) electrons. The second-order valence-corrected chi connectivity index (χ2v) is 7.42. The van der Waals surface area contributed by atoms with Gasteiger partial charge in [0.05, 0.1) is 40.2 Å². The minimum Gasteiger partial charge on any atom is -0.390 e. The van der Waals surface area contributed by atoms with Crippen LogP contribution in [0.1, 0.15) is 30.1 Å². The van der Waals surface area contributed by atoms with E-state index in [2.05, 4.69) is 10.6 Å². The van der Waals surface area contributed by atoms with Crippen LogP contribution in [0, 0.1) is 0 Å². The highest BCUT2D eigenvalue weighted by molar-refractivity contribution is 5.99. The van der Waals surface area contributed by atoms with Gasteiger partial charge in [-0.3, -0.25) is 0 Å². The number of rotatable bonds is 1. The lowest BCUT2D eigenvalue weighted by atomic mass is 10.1. The fraction of sp³-hybridized carbons (Fsp3) is 0.400. The van der Waals surface area contributed by atoms with Crippen molar-refractivity contribution < 1.29 is 31.4 Å². The van der Waals surface area contributed by atoms with Crippen LogP contribution in [0.15, 0.2) is 36.0 Å². The SMILES string of the molecule is O[C@H]1CNCCC[C@@H]1n1c2c(c3cc(C(F)(F)F)ccc31)NC=C(C(F)(F)F)C=C2. The molecule has 2 aromatic rings. The monoisotopic (exact) mass is 431 g/mol. The van der Waals surface area contributed by atoms with Crippen molar-refractivity contribution in [2.24, 2.45) is 0 Å². The summed E-state index contributed by atoms with van der Waals surface area (Å²) in [6.45, 7) is 0.948. The average molecular weight is 431 g/mol. The maximum Gasteiger partial charge on any atom is 0.417 e. The van der Waals surface area contributed by atoms with Crippen molar-refractivity contribution >= 4 is 22.7 Å². The zero-order valence-electron chi connectivity index (χ0n) is 15.6. The van der Waals surface area contributed by atoms with Crippen LogP contribution >= 0.6 is 0 Å². The molecule has 2 aliphatic heterocycles. The summed E-state index contributed by atoms with van der Waals surface area (Å²) >= 11 is 0. The Kier molecular flexibility index (Phi) is 5.09. The molecule has 0 bridgehead atoms. The maximum atomic E-state index is 13.3. The Labute approximate surface area is 167 Å². The Balaban J connectivity index is 1.94. The van der Waals surface area contributed by atoms with E-state index in [0.29, 0.717) is 30.6 Å². The first kappa shape index (κ1) is 20.8. The van der Waals surface area contributed by atoms with E-state index in [-0.39, 0.29) is 17.6 Å². The Morgan fingerprint density at radius 1 is 1.03 bits per heavy atom. The molecule has 2 atom stereocenters. The second kappa shape index (κ2) is 7.35. The van der Waals surface area contributed by atoms with Crippen molar-refractivity contribution in [3.05, 3.63) is 47.3 Å². The summed E-state index contributed by atoms with van der Waals surface area (Å²) in [6, 6.07) is 2.68. The van der Waals surface area contributed by atoms with Crippen molar-refractivity contribution in [2.75, 3.05) is 18.4 Å². The standard InChI is InChI=1S/C20H19F6N3O/c21-19(22,23)11-3-5-14-13(8-11)18-16(6-4-12(9-28-18)20(24,25)26)29(14)15-2-1-7-27-10-17(15)30/h3-6,8-9,15,17,27-28,30H,1-2,7,10H2/t15-,17-/m0/s1. The smallest absolute Gasteiger partial charge is 0.390 e. The molecule has 2 aliphatic rings. The maximum absolute atomic E-state index is 13.3. The summed E-state index contributed by atoms with van der Waals surface area (Å²) in [5.74, 6) is 0. The summed E-state index contributed by atoms with van der Waals surface area (Å²) in [7, 11) is 0. The number of aliphatic hydroxyl groups excluding tert-OH is 1. The van der Waals surface area contributed by atoms with Gasteiger partial charge in [0.15, 0.2) is 0 Å². The van der Waals surface area contributed by atoms with Crippen LogP contribution in [-0.2, 0) is 6.18 Å². The van der Waals surface area contributed by atoms with E-state index < -0.39 is 35.6 Å². The first-order valence-electron chi connectivity index (χ1n) is 9.43. The van der Waals surface area contributed by atoms with E-state index in [4.69, 9.17) is 0 Å². The summed E-state index contributed by atoms with van der Waals surface area (Å²) in [5, 5.41) is 16.4. The van der Waals surface area contributed by atoms with Gasteiger partial charge in [-0.05, 0) is 49.7 Å². The molecule has 3 N–H and O–H groups in total. The fourth-order valence-electron chi connectivity index (χ4n) is 4.04. The zero-order chi connectivity index (χ0) is 21.7. The van der Waals surface area contributed by atoms with Crippen LogP contribution in [0.3, 0.4) is 0 Å². The van der Waals surface area contributed by atoms with Gasteiger partial charge in [-0.15, -0.1) is 0 Å². The number of halogens is 6. The van der Waals surface area contributed by atoms with Crippen molar-refractivity contribution in [3.63, 3.8) is 0 Å². The largest absolute Gasteiger partial charge is 0.417 e. The van der Waals surface area contributed by atoms with Gasteiger partial charge < -0.3 is 20.3 Å². The number of benzene rings is 1. The molecule has 10 heteroatoms. The molecular formula is C20H19F6N3O. The molecule has 0 amide bonds. The molecule has 0 aliphatic carbocycles. The van der Waals surface area contributed by atoms with Crippen LogP contribution in [0.25, 0.3) is 17.0 Å². The molecule has 1 fully saturated rings. The summed E-state index contributed by atoms with van der Waals surface area (Å²) in [5.41, 5.74) is -0.983. The van der Waals surface area contributed by atoms with E-state index >= 15 is 0 Å². The number of nitrogens with one attached hydrogen (secondary N) is 2. The van der Waals surface area contributed by atoms with Gasteiger partial charge in [0, 0.05) is 18.1 Å². The summed E-state index contributed by atoms with van der Waals surface area (Å²) in [6.07, 6.45) is -5.94. The molecule has 1 saturated heterocycles. The minimum absolute atomic E-state index is 0.147. The van der Waals surface area contributed by atoms with Gasteiger partial charge in [-0.25, -0.2) is 0 Å². The van der Waals surface area contributed by atoms with E-state index in [9.17, 15) is 31.4 Å². The molecule has 162 valence electrons. The number of β-amino-alcohol motifs (C(OH)–C–C–N with tert-alkyl or cyclic N) is 1. The van der Waals surface area contributed by atoms with Crippen LogP contribution in [0.2, 0.25) is 0 Å². The van der Waals surface area contributed by atoms with Gasteiger partial charge >= 0.3 is 12.4 Å². The normalized spacial score (nSPS) is 22.8. The molecule has 0 saturated carbocycles. The number of aliphatic hydroxyl groups is 1. The van der Waals surface area contributed by atoms with Crippen LogP contribution < -0.4 is 10.6 Å². The number of anilines is 1. The molecule has 30 heavy (non-hydrogen) atoms. The first-order chi connectivity index (χ1) is 14.1. The number of fused-ring (bicyclic) bond motifs is 3. The first-order valence-corrected chi connectivity index (χ1v) is 9.43. The fourth-order valence-corrected chi connectivity index (χ4v) is 4.04. The lowest BCUT2D eigenvalue weighted by molar-refractivity contribution is -0.137. The van der Waals surface area contributed by atoms with E-state index in [1.807, 2.05) is 0 Å². The van der Waals surface area contributed by atoms with Gasteiger partial charge in [0.25, 0.3) is 0 Å². The number of hydrogen-bond acceptors (Lipinski definition) is 3. The Morgan fingerprint density at radius 3 is 2.50 bits per heavy atom. The van der Waals surface area contributed by atoms with Gasteiger partial charge in [-0.1, -0.05) is 0 Å². The van der Waals surface area contributed by atoms with E-state index in [0.717, 1.165) is 24.4 Å². The third-order valence-corrected chi connectivity index (χ3v) is 5.47. The van der Waals surface area contributed by atoms with Crippen molar-refractivity contribution in [1.29, 1.82) is 0 Å².